The molecule has 0 bridgehead atoms. The standard InChI is InChI=1S/C48H50S2/c1-9-11-13-31-27-43(49-45(31)33-17-21-37-35-19-15-29(3)23-39(35)47(5,6)41(37)25-33)44-28-32(14-12-10-2)46(50-44)34-18-22-38-36-20-16-30(4)24-40(36)48(7,8)42(38)26-34/h15-28H,9-14H2,1-8H3. The molecule has 2 aliphatic rings. The SMILES string of the molecule is CCCCc1cc(-c2cc(CCCC)c(-c3ccc4c(c3)C(C)(C)c3cc(C)ccc3-4)s2)sc1-c1ccc2c(c1)C(C)(C)c1cc(C)ccc1-2. The number of hydrogen-bond acceptors (Lipinski definition) is 2. The number of hydrogen-bond donors (Lipinski definition) is 0. The summed E-state index contributed by atoms with van der Waals surface area (Å²) >= 11 is 4.02. The molecule has 0 amide bonds. The van der Waals surface area contributed by atoms with Crippen LogP contribution in [0.3, 0.4) is 0 Å². The molecule has 6 aromatic rings. The summed E-state index contributed by atoms with van der Waals surface area (Å²) in [7, 11) is 0. The normalized spacial score (nSPS) is 14.8. The molecule has 2 heteroatoms. The molecule has 254 valence electrons. The van der Waals surface area contributed by atoms with Crippen molar-refractivity contribution in [3.05, 3.63) is 129 Å². The molecule has 0 fully saturated rings. The maximum absolute atomic E-state index is 2.54. The molecule has 4 aromatic carbocycles. The molecule has 2 heterocycles. The fourth-order valence-corrected chi connectivity index (χ4v) is 11.2. The first kappa shape index (κ1) is 33.4. The van der Waals surface area contributed by atoms with Crippen molar-refractivity contribution < 1.29 is 0 Å². The monoisotopic (exact) mass is 690 g/mol. The van der Waals surface area contributed by atoms with Gasteiger partial charge in [-0.05, 0) is 131 Å². The Bertz CT molecular complexity index is 2100. The van der Waals surface area contributed by atoms with E-state index in [0.29, 0.717) is 0 Å². The van der Waals surface area contributed by atoms with E-state index in [4.69, 9.17) is 0 Å². The lowest BCUT2D eigenvalue weighted by Crippen LogP contribution is -2.15. The van der Waals surface area contributed by atoms with Gasteiger partial charge in [0, 0.05) is 30.3 Å². The fraction of sp³-hybridized carbons (Fsp3) is 0.333. The van der Waals surface area contributed by atoms with E-state index in [-0.39, 0.29) is 10.8 Å². The van der Waals surface area contributed by atoms with Crippen molar-refractivity contribution in [1.29, 1.82) is 0 Å². The second-order valence-corrected chi connectivity index (χ2v) is 18.1. The van der Waals surface area contributed by atoms with Crippen LogP contribution in [0.2, 0.25) is 0 Å². The van der Waals surface area contributed by atoms with Crippen molar-refractivity contribution in [1.82, 2.24) is 0 Å². The molecule has 0 unspecified atom stereocenters. The summed E-state index contributed by atoms with van der Waals surface area (Å²) in [5.74, 6) is 0. The van der Waals surface area contributed by atoms with Gasteiger partial charge in [0.15, 0.2) is 0 Å². The van der Waals surface area contributed by atoms with Crippen molar-refractivity contribution in [3.63, 3.8) is 0 Å². The molecule has 8 rings (SSSR count). The molecule has 2 aromatic heterocycles. The maximum Gasteiger partial charge on any atom is 0.0452 e. The van der Waals surface area contributed by atoms with Gasteiger partial charge < -0.3 is 0 Å². The minimum atomic E-state index is -0.00216. The van der Waals surface area contributed by atoms with Crippen LogP contribution in [0.25, 0.3) is 52.9 Å². The van der Waals surface area contributed by atoms with Crippen LogP contribution in [0.1, 0.15) is 112 Å². The van der Waals surface area contributed by atoms with Crippen molar-refractivity contribution >= 4 is 22.7 Å². The molecular formula is C48H50S2. The number of aryl methyl sites for hydroxylation is 4. The second kappa shape index (κ2) is 12.5. The summed E-state index contributed by atoms with van der Waals surface area (Å²) in [6.45, 7) is 18.7. The Hall–Kier alpha value is -3.72. The Kier molecular flexibility index (Phi) is 8.36. The predicted molar refractivity (Wildman–Crippen MR) is 220 cm³/mol. The number of rotatable bonds is 9. The van der Waals surface area contributed by atoms with Gasteiger partial charge in [0.25, 0.3) is 0 Å². The molecular weight excluding hydrogens is 641 g/mol. The van der Waals surface area contributed by atoms with E-state index < -0.39 is 0 Å². The van der Waals surface area contributed by atoms with Gasteiger partial charge in [-0.2, -0.15) is 0 Å². The summed E-state index contributed by atoms with van der Waals surface area (Å²) < 4.78 is 0. The minimum absolute atomic E-state index is 0.00216. The van der Waals surface area contributed by atoms with Gasteiger partial charge in [-0.3, -0.25) is 0 Å². The Balaban J connectivity index is 1.21. The topological polar surface area (TPSA) is 0 Å². The van der Waals surface area contributed by atoms with Gasteiger partial charge in [-0.15, -0.1) is 22.7 Å². The average molecular weight is 691 g/mol. The van der Waals surface area contributed by atoms with E-state index in [0.717, 1.165) is 12.8 Å². The fourth-order valence-electron chi connectivity index (χ4n) is 8.68. The van der Waals surface area contributed by atoms with Crippen LogP contribution in [0.15, 0.2) is 84.9 Å². The first-order valence-electron chi connectivity index (χ1n) is 18.8. The van der Waals surface area contributed by atoms with Crippen LogP contribution >= 0.6 is 22.7 Å². The molecule has 50 heavy (non-hydrogen) atoms. The molecule has 0 aliphatic heterocycles. The Labute approximate surface area is 308 Å². The number of benzene rings is 4. The quantitative estimate of drug-likeness (QED) is 0.142. The highest BCUT2D eigenvalue weighted by molar-refractivity contribution is 7.25. The first-order valence-corrected chi connectivity index (χ1v) is 20.4. The lowest BCUT2D eigenvalue weighted by Gasteiger charge is -2.22. The highest BCUT2D eigenvalue weighted by atomic mass is 32.1. The zero-order valence-electron chi connectivity index (χ0n) is 31.1. The number of unbranched alkanes of at least 4 members (excludes halogenated alkanes) is 2. The van der Waals surface area contributed by atoms with Crippen LogP contribution in [-0.2, 0) is 23.7 Å². The van der Waals surface area contributed by atoms with Gasteiger partial charge in [-0.25, -0.2) is 0 Å². The average Bonchev–Trinajstić information content (AvgIpc) is 3.83. The molecule has 0 nitrogen and oxygen atoms in total. The van der Waals surface area contributed by atoms with E-state index in [1.165, 1.54) is 123 Å². The third-order valence-electron chi connectivity index (χ3n) is 11.6. The van der Waals surface area contributed by atoms with Crippen molar-refractivity contribution in [2.24, 2.45) is 0 Å². The third kappa shape index (κ3) is 5.37. The van der Waals surface area contributed by atoms with Gasteiger partial charge >= 0.3 is 0 Å². The Morgan fingerprint density at radius 2 is 0.820 bits per heavy atom. The Morgan fingerprint density at radius 1 is 0.460 bits per heavy atom. The Morgan fingerprint density at radius 3 is 1.20 bits per heavy atom. The van der Waals surface area contributed by atoms with Crippen LogP contribution < -0.4 is 0 Å². The number of fused-ring (bicyclic) bond motifs is 6. The molecule has 0 radical (unpaired) electrons. The van der Waals surface area contributed by atoms with E-state index >= 15 is 0 Å². The van der Waals surface area contributed by atoms with Gasteiger partial charge in [0.05, 0.1) is 0 Å². The first-order chi connectivity index (χ1) is 24.0. The van der Waals surface area contributed by atoms with E-state index in [1.807, 2.05) is 22.7 Å². The van der Waals surface area contributed by atoms with Crippen LogP contribution in [0, 0.1) is 13.8 Å². The molecule has 0 saturated heterocycles. The molecule has 0 atom stereocenters. The number of thiophene rings is 2. The summed E-state index contributed by atoms with van der Waals surface area (Å²) in [4.78, 5) is 5.75. The zero-order chi connectivity index (χ0) is 34.9. The minimum Gasteiger partial charge on any atom is -0.134 e. The van der Waals surface area contributed by atoms with E-state index in [2.05, 4.69) is 140 Å². The highest BCUT2D eigenvalue weighted by Gasteiger charge is 2.37. The van der Waals surface area contributed by atoms with Crippen LogP contribution in [-0.4, -0.2) is 0 Å². The zero-order valence-corrected chi connectivity index (χ0v) is 32.8. The lowest BCUT2D eigenvalue weighted by molar-refractivity contribution is 0.660. The maximum atomic E-state index is 2.54. The van der Waals surface area contributed by atoms with Crippen molar-refractivity contribution in [2.45, 2.75) is 105 Å². The second-order valence-electron chi connectivity index (χ2n) is 16.0. The summed E-state index contributed by atoms with van der Waals surface area (Å²) in [6, 6.07) is 33.7. The van der Waals surface area contributed by atoms with E-state index in [1.54, 1.807) is 0 Å². The molecule has 0 N–H and O–H groups in total. The van der Waals surface area contributed by atoms with Crippen LogP contribution in [0.5, 0.6) is 0 Å². The van der Waals surface area contributed by atoms with Crippen molar-refractivity contribution in [2.75, 3.05) is 0 Å². The van der Waals surface area contributed by atoms with Crippen molar-refractivity contribution in [3.8, 4) is 52.9 Å². The summed E-state index contributed by atoms with van der Waals surface area (Å²) in [6.07, 6.45) is 7.10. The van der Waals surface area contributed by atoms with Gasteiger partial charge in [-0.1, -0.05) is 126 Å². The molecule has 0 saturated carbocycles. The predicted octanol–water partition coefficient (Wildman–Crippen LogP) is 14.7. The molecule has 0 spiro atoms. The highest BCUT2D eigenvalue weighted by Crippen LogP contribution is 2.53. The van der Waals surface area contributed by atoms with Gasteiger partial charge in [0.2, 0.25) is 0 Å². The van der Waals surface area contributed by atoms with Gasteiger partial charge in [0.1, 0.15) is 0 Å². The lowest BCUT2D eigenvalue weighted by atomic mass is 9.81. The summed E-state index contributed by atoms with van der Waals surface area (Å²) in [5, 5.41) is 0. The largest absolute Gasteiger partial charge is 0.134 e. The smallest absolute Gasteiger partial charge is 0.0452 e. The van der Waals surface area contributed by atoms with Crippen LogP contribution in [0.4, 0.5) is 0 Å². The summed E-state index contributed by atoms with van der Waals surface area (Å²) in [5.41, 5.74) is 19.9. The third-order valence-corrected chi connectivity index (χ3v) is 14.3. The molecule has 2 aliphatic carbocycles. The van der Waals surface area contributed by atoms with E-state index in [9.17, 15) is 0 Å².